The van der Waals surface area contributed by atoms with Crippen LogP contribution in [0.15, 0.2) is 54.6 Å². The molecule has 1 atom stereocenters. The molecule has 0 bridgehead atoms. The van der Waals surface area contributed by atoms with Gasteiger partial charge >= 0.3 is 6.03 Å². The molecule has 1 heterocycles. The second-order valence-electron chi connectivity index (χ2n) is 5.91. The lowest BCUT2D eigenvalue weighted by atomic mass is 9.98. The van der Waals surface area contributed by atoms with Crippen LogP contribution in [0.3, 0.4) is 0 Å². The molecule has 2 N–H and O–H groups in total. The third-order valence-electron chi connectivity index (χ3n) is 4.16. The summed E-state index contributed by atoms with van der Waals surface area (Å²) in [6, 6.07) is 18.3. The quantitative estimate of drug-likeness (QED) is 0.802. The van der Waals surface area contributed by atoms with Crippen LogP contribution in [0.1, 0.15) is 22.7 Å². The van der Waals surface area contributed by atoms with Crippen LogP contribution in [0.25, 0.3) is 0 Å². The number of nitrogens with zero attached hydrogens (tertiary/aromatic N) is 1. The minimum Gasteiger partial charge on any atom is -0.329 e. The second kappa shape index (κ2) is 7.27. The first-order valence-corrected chi connectivity index (χ1v) is 8.08. The number of rotatable bonds is 6. The molecule has 5 heteroatoms. The van der Waals surface area contributed by atoms with Crippen LogP contribution >= 0.6 is 0 Å². The van der Waals surface area contributed by atoms with Gasteiger partial charge in [-0.2, -0.15) is 0 Å². The first kappa shape index (κ1) is 16.2. The fourth-order valence-corrected chi connectivity index (χ4v) is 2.83. The maximum atomic E-state index is 11.7. The van der Waals surface area contributed by atoms with E-state index in [1.54, 1.807) is 0 Å². The number of urea groups is 1. The molecule has 1 aliphatic rings. The lowest BCUT2D eigenvalue weighted by Gasteiger charge is -2.21. The van der Waals surface area contributed by atoms with Gasteiger partial charge in [0.25, 0.3) is 0 Å². The molecule has 124 valence electrons. The van der Waals surface area contributed by atoms with Gasteiger partial charge in [-0.3, -0.25) is 9.69 Å². The van der Waals surface area contributed by atoms with Gasteiger partial charge in [-0.25, -0.2) is 4.79 Å². The molecule has 0 aliphatic carbocycles. The van der Waals surface area contributed by atoms with Crippen LogP contribution < -0.4 is 10.6 Å². The molecule has 0 spiro atoms. The third kappa shape index (κ3) is 3.63. The van der Waals surface area contributed by atoms with Crippen LogP contribution in [0.5, 0.6) is 0 Å². The average molecular weight is 323 g/mol. The number of hydrogen-bond donors (Lipinski definition) is 2. The number of aryl methyl sites for hydroxylation is 1. The summed E-state index contributed by atoms with van der Waals surface area (Å²) in [4.78, 5) is 24.5. The Morgan fingerprint density at radius 3 is 2.33 bits per heavy atom. The van der Waals surface area contributed by atoms with Crippen LogP contribution in [0, 0.1) is 6.92 Å². The number of imide groups is 1. The number of nitrogens with one attached hydrogen (secondary N) is 2. The smallest absolute Gasteiger partial charge is 0.324 e. The maximum Gasteiger partial charge on any atom is 0.324 e. The first-order chi connectivity index (χ1) is 11.6. The molecule has 1 fully saturated rings. The van der Waals surface area contributed by atoms with Crippen molar-refractivity contribution in [3.05, 3.63) is 71.3 Å². The molecular weight excluding hydrogens is 302 g/mol. The van der Waals surface area contributed by atoms with Crippen LogP contribution in [-0.4, -0.2) is 36.5 Å². The summed E-state index contributed by atoms with van der Waals surface area (Å²) in [5.74, 6) is -0.173. The summed E-state index contributed by atoms with van der Waals surface area (Å²) in [5, 5.41) is 6.00. The van der Waals surface area contributed by atoms with Gasteiger partial charge in [0.15, 0.2) is 0 Å². The molecule has 24 heavy (non-hydrogen) atoms. The predicted molar refractivity (Wildman–Crippen MR) is 92.6 cm³/mol. The van der Waals surface area contributed by atoms with E-state index >= 15 is 0 Å². The highest BCUT2D eigenvalue weighted by molar-refractivity contribution is 6.01. The Morgan fingerprint density at radius 1 is 1.04 bits per heavy atom. The van der Waals surface area contributed by atoms with Crippen molar-refractivity contribution in [2.75, 3.05) is 19.6 Å². The minimum atomic E-state index is -0.312. The number of carbonyl (C=O) groups excluding carboxylic acids is 2. The zero-order valence-corrected chi connectivity index (χ0v) is 13.7. The van der Waals surface area contributed by atoms with Crippen LogP contribution in [0.2, 0.25) is 0 Å². The van der Waals surface area contributed by atoms with E-state index in [0.717, 1.165) is 11.1 Å². The van der Waals surface area contributed by atoms with Crippen molar-refractivity contribution in [3.8, 4) is 0 Å². The molecule has 0 radical (unpaired) electrons. The van der Waals surface area contributed by atoms with Crippen molar-refractivity contribution in [2.45, 2.75) is 13.0 Å². The minimum absolute atomic E-state index is 0.0209. The average Bonchev–Trinajstić information content (AvgIpc) is 2.92. The van der Waals surface area contributed by atoms with E-state index in [2.05, 4.69) is 54.0 Å². The molecular formula is C19H21N3O2. The lowest BCUT2D eigenvalue weighted by molar-refractivity contribution is -0.124. The third-order valence-corrected chi connectivity index (χ3v) is 4.16. The highest BCUT2D eigenvalue weighted by Crippen LogP contribution is 2.22. The summed E-state index contributed by atoms with van der Waals surface area (Å²) in [6.45, 7) is 3.05. The molecule has 3 amide bonds. The highest BCUT2D eigenvalue weighted by atomic mass is 16.2. The topological polar surface area (TPSA) is 61.4 Å². The fraction of sp³-hybridized carbons (Fsp3) is 0.263. The molecule has 3 rings (SSSR count). The summed E-state index contributed by atoms with van der Waals surface area (Å²) in [7, 11) is 0. The molecule has 0 unspecified atom stereocenters. The molecule has 0 saturated carbocycles. The lowest BCUT2D eigenvalue weighted by Crippen LogP contribution is -2.38. The standard InChI is InChI=1S/C19H21N3O2/c1-14-7-9-16(10-8-14)18(15-5-3-2-4-6-15)20-11-12-22-17(23)13-21-19(22)24/h2-10,18,20H,11-13H2,1H3,(H,21,24)/t18-/m1/s1. The Bertz CT molecular complexity index is 697. The van der Waals surface area contributed by atoms with Gasteiger partial charge in [0, 0.05) is 13.1 Å². The van der Waals surface area contributed by atoms with Gasteiger partial charge in [0.1, 0.15) is 0 Å². The van der Waals surface area contributed by atoms with Crippen molar-refractivity contribution in [1.82, 2.24) is 15.5 Å². The fourth-order valence-electron chi connectivity index (χ4n) is 2.83. The van der Waals surface area contributed by atoms with Gasteiger partial charge in [0.2, 0.25) is 5.91 Å². The zero-order chi connectivity index (χ0) is 16.9. The summed E-state index contributed by atoms with van der Waals surface area (Å²) >= 11 is 0. The van der Waals surface area contributed by atoms with Crippen LogP contribution in [0.4, 0.5) is 4.79 Å². The molecule has 1 aliphatic heterocycles. The summed E-state index contributed by atoms with van der Waals surface area (Å²) < 4.78 is 0. The predicted octanol–water partition coefficient (Wildman–Crippen LogP) is 2.23. The number of carbonyl (C=O) groups is 2. The van der Waals surface area contributed by atoms with Gasteiger partial charge in [-0.1, -0.05) is 60.2 Å². The van der Waals surface area contributed by atoms with Gasteiger partial charge in [0.05, 0.1) is 12.6 Å². The van der Waals surface area contributed by atoms with Crippen molar-refractivity contribution in [1.29, 1.82) is 0 Å². The number of amides is 3. The SMILES string of the molecule is Cc1ccc([C@H](NCCN2C(=O)CNC2=O)c2ccccc2)cc1. The van der Waals surface area contributed by atoms with Crippen molar-refractivity contribution in [2.24, 2.45) is 0 Å². The Morgan fingerprint density at radius 2 is 1.71 bits per heavy atom. The Balaban J connectivity index is 1.72. The van der Waals surface area contributed by atoms with E-state index in [0.29, 0.717) is 13.1 Å². The summed E-state index contributed by atoms with van der Waals surface area (Å²) in [5.41, 5.74) is 3.52. The molecule has 2 aromatic carbocycles. The molecule has 5 nitrogen and oxygen atoms in total. The van der Waals surface area contributed by atoms with E-state index in [1.165, 1.54) is 10.5 Å². The monoisotopic (exact) mass is 323 g/mol. The highest BCUT2D eigenvalue weighted by Gasteiger charge is 2.28. The van der Waals surface area contributed by atoms with Gasteiger partial charge in [-0.05, 0) is 18.1 Å². The normalized spacial score (nSPS) is 15.5. The van der Waals surface area contributed by atoms with Gasteiger partial charge < -0.3 is 10.6 Å². The first-order valence-electron chi connectivity index (χ1n) is 8.08. The molecule has 2 aromatic rings. The molecule has 0 aromatic heterocycles. The Kier molecular flexibility index (Phi) is 4.91. The maximum absolute atomic E-state index is 11.7. The van der Waals surface area contributed by atoms with Gasteiger partial charge in [-0.15, -0.1) is 0 Å². The number of benzene rings is 2. The van der Waals surface area contributed by atoms with E-state index in [4.69, 9.17) is 0 Å². The van der Waals surface area contributed by atoms with E-state index in [9.17, 15) is 9.59 Å². The van der Waals surface area contributed by atoms with Crippen molar-refractivity contribution < 1.29 is 9.59 Å². The summed E-state index contributed by atoms with van der Waals surface area (Å²) in [6.07, 6.45) is 0. The van der Waals surface area contributed by atoms with E-state index < -0.39 is 0 Å². The van der Waals surface area contributed by atoms with Crippen LogP contribution in [-0.2, 0) is 4.79 Å². The van der Waals surface area contributed by atoms with Crippen molar-refractivity contribution in [3.63, 3.8) is 0 Å². The Labute approximate surface area is 141 Å². The van der Waals surface area contributed by atoms with E-state index in [1.807, 2.05) is 18.2 Å². The zero-order valence-electron chi connectivity index (χ0n) is 13.7. The molecule has 1 saturated heterocycles. The number of hydrogen-bond acceptors (Lipinski definition) is 3. The van der Waals surface area contributed by atoms with E-state index in [-0.39, 0.29) is 24.5 Å². The van der Waals surface area contributed by atoms with Crippen molar-refractivity contribution >= 4 is 11.9 Å². The second-order valence-corrected chi connectivity index (χ2v) is 5.91. The Hall–Kier alpha value is -2.66. The largest absolute Gasteiger partial charge is 0.329 e.